The molecule has 0 radical (unpaired) electrons. The van der Waals surface area contributed by atoms with Gasteiger partial charge in [0.25, 0.3) is 0 Å². The summed E-state index contributed by atoms with van der Waals surface area (Å²) in [5.41, 5.74) is 0. The fourth-order valence-electron chi connectivity index (χ4n) is 2.11. The number of rotatable bonds is 9. The van der Waals surface area contributed by atoms with Crippen LogP contribution in [0, 0.1) is 0 Å². The van der Waals surface area contributed by atoms with Crippen LogP contribution < -0.4 is 10.2 Å². The fraction of sp³-hybridized carbons (Fsp3) is 0.571. The van der Waals surface area contributed by atoms with Gasteiger partial charge in [0.15, 0.2) is 0 Å². The number of anilines is 1. The zero-order valence-electron chi connectivity index (χ0n) is 12.1. The molecule has 2 heterocycles. The van der Waals surface area contributed by atoms with Crippen LogP contribution in [0.4, 0.5) is 6.01 Å². The fourth-order valence-corrected chi connectivity index (χ4v) is 2.81. The molecular formula is C14H20N4O2S. The molecule has 3 rings (SSSR count). The molecule has 1 aliphatic rings. The average molecular weight is 308 g/mol. The highest BCUT2D eigenvalue weighted by Gasteiger charge is 2.32. The topological polar surface area (TPSA) is 63.4 Å². The van der Waals surface area contributed by atoms with E-state index in [0.29, 0.717) is 31.1 Å². The quantitative estimate of drug-likeness (QED) is 0.715. The molecule has 6 nitrogen and oxygen atoms in total. The van der Waals surface area contributed by atoms with E-state index >= 15 is 0 Å². The number of nitrogens with one attached hydrogen (secondary N) is 1. The van der Waals surface area contributed by atoms with Crippen LogP contribution in [-0.4, -0.2) is 36.5 Å². The third kappa shape index (κ3) is 4.03. The molecule has 0 atom stereocenters. The summed E-state index contributed by atoms with van der Waals surface area (Å²) in [6, 6.07) is 5.39. The van der Waals surface area contributed by atoms with Gasteiger partial charge in [-0.15, -0.1) is 16.4 Å². The molecule has 1 aliphatic carbocycles. The molecule has 0 bridgehead atoms. The van der Waals surface area contributed by atoms with E-state index in [2.05, 4.69) is 37.9 Å². The maximum Gasteiger partial charge on any atom is 0.318 e. The van der Waals surface area contributed by atoms with Crippen molar-refractivity contribution in [3.8, 4) is 0 Å². The van der Waals surface area contributed by atoms with Gasteiger partial charge in [0.05, 0.1) is 19.7 Å². The number of ether oxygens (including phenoxy) is 1. The Morgan fingerprint density at radius 1 is 1.48 bits per heavy atom. The van der Waals surface area contributed by atoms with Gasteiger partial charge in [-0.3, -0.25) is 0 Å². The van der Waals surface area contributed by atoms with E-state index in [4.69, 9.17) is 9.15 Å². The third-order valence-corrected chi connectivity index (χ3v) is 4.22. The van der Waals surface area contributed by atoms with Crippen LogP contribution in [0.1, 0.15) is 23.6 Å². The lowest BCUT2D eigenvalue weighted by Crippen LogP contribution is -2.24. The number of aromatic nitrogens is 2. The lowest BCUT2D eigenvalue weighted by Gasteiger charge is -2.18. The molecule has 1 N–H and O–H groups in total. The first kappa shape index (κ1) is 14.5. The largest absolute Gasteiger partial charge is 0.407 e. The molecule has 2 aromatic heterocycles. The summed E-state index contributed by atoms with van der Waals surface area (Å²) >= 11 is 1.76. The van der Waals surface area contributed by atoms with Crippen molar-refractivity contribution < 1.29 is 9.15 Å². The molecule has 1 fully saturated rings. The second-order valence-corrected chi connectivity index (χ2v) is 6.12. The van der Waals surface area contributed by atoms with E-state index in [1.807, 2.05) is 0 Å². The van der Waals surface area contributed by atoms with Crippen LogP contribution in [0.25, 0.3) is 0 Å². The minimum absolute atomic E-state index is 0.543. The van der Waals surface area contributed by atoms with Gasteiger partial charge in [-0.25, -0.2) is 0 Å². The van der Waals surface area contributed by atoms with Gasteiger partial charge in [0.2, 0.25) is 5.89 Å². The smallest absolute Gasteiger partial charge is 0.318 e. The summed E-state index contributed by atoms with van der Waals surface area (Å²) < 4.78 is 10.8. The lowest BCUT2D eigenvalue weighted by atomic mass is 10.4. The van der Waals surface area contributed by atoms with E-state index in [9.17, 15) is 0 Å². The first-order valence-corrected chi connectivity index (χ1v) is 8.06. The Hall–Kier alpha value is -1.44. The maximum absolute atomic E-state index is 5.78. The SMILES string of the molecule is COCCNCc1nnc(N(Cc2cccs2)C2CC2)o1. The van der Waals surface area contributed by atoms with Crippen LogP contribution in [0.15, 0.2) is 21.9 Å². The predicted octanol–water partition coefficient (Wildman–Crippen LogP) is 2.04. The predicted molar refractivity (Wildman–Crippen MR) is 81.4 cm³/mol. The van der Waals surface area contributed by atoms with Crippen molar-refractivity contribution in [3.63, 3.8) is 0 Å². The zero-order valence-corrected chi connectivity index (χ0v) is 12.9. The summed E-state index contributed by atoms with van der Waals surface area (Å²) in [6.07, 6.45) is 2.41. The summed E-state index contributed by atoms with van der Waals surface area (Å²) in [5.74, 6) is 0.623. The average Bonchev–Trinajstić information content (AvgIpc) is 3.01. The molecule has 0 saturated heterocycles. The zero-order chi connectivity index (χ0) is 14.5. The molecule has 0 spiro atoms. The summed E-state index contributed by atoms with van der Waals surface area (Å²) in [6.45, 7) is 2.87. The minimum atomic E-state index is 0.543. The molecule has 7 heteroatoms. The Kier molecular flexibility index (Phi) is 4.84. The highest BCUT2D eigenvalue weighted by atomic mass is 32.1. The number of hydrogen-bond donors (Lipinski definition) is 1. The first-order chi connectivity index (χ1) is 10.4. The summed E-state index contributed by atoms with van der Waals surface area (Å²) in [7, 11) is 1.69. The van der Waals surface area contributed by atoms with Crippen LogP contribution in [0.3, 0.4) is 0 Å². The van der Waals surface area contributed by atoms with Gasteiger partial charge >= 0.3 is 6.01 Å². The van der Waals surface area contributed by atoms with Crippen LogP contribution in [-0.2, 0) is 17.8 Å². The Balaban J connectivity index is 1.59. The number of methoxy groups -OCH3 is 1. The molecule has 0 aromatic carbocycles. The molecule has 2 aromatic rings. The van der Waals surface area contributed by atoms with Crippen molar-refractivity contribution in [2.75, 3.05) is 25.2 Å². The second-order valence-electron chi connectivity index (χ2n) is 5.09. The molecular weight excluding hydrogens is 288 g/mol. The summed E-state index contributed by atoms with van der Waals surface area (Å²) in [5, 5.41) is 13.6. The maximum atomic E-state index is 5.78. The lowest BCUT2D eigenvalue weighted by molar-refractivity contribution is 0.198. The number of nitrogens with zero attached hydrogens (tertiary/aromatic N) is 3. The van der Waals surface area contributed by atoms with Gasteiger partial charge in [-0.1, -0.05) is 11.2 Å². The molecule has 21 heavy (non-hydrogen) atoms. The number of hydrogen-bond acceptors (Lipinski definition) is 7. The molecule has 1 saturated carbocycles. The van der Waals surface area contributed by atoms with Crippen molar-refractivity contribution in [3.05, 3.63) is 28.3 Å². The Labute approximate surface area is 128 Å². The van der Waals surface area contributed by atoms with E-state index in [1.165, 1.54) is 17.7 Å². The van der Waals surface area contributed by atoms with Gasteiger partial charge in [0, 0.05) is 24.6 Å². The van der Waals surface area contributed by atoms with Crippen molar-refractivity contribution in [2.45, 2.75) is 32.0 Å². The van der Waals surface area contributed by atoms with E-state index in [0.717, 1.165) is 13.1 Å². The highest BCUT2D eigenvalue weighted by molar-refractivity contribution is 7.09. The molecule has 114 valence electrons. The minimum Gasteiger partial charge on any atom is -0.407 e. The Bertz CT molecular complexity index is 539. The molecule has 0 unspecified atom stereocenters. The van der Waals surface area contributed by atoms with Crippen LogP contribution >= 0.6 is 11.3 Å². The van der Waals surface area contributed by atoms with E-state index in [-0.39, 0.29) is 0 Å². The van der Waals surface area contributed by atoms with E-state index < -0.39 is 0 Å². The van der Waals surface area contributed by atoms with Gasteiger partial charge in [-0.05, 0) is 24.3 Å². The highest BCUT2D eigenvalue weighted by Crippen LogP contribution is 2.32. The first-order valence-electron chi connectivity index (χ1n) is 7.18. The Morgan fingerprint density at radius 3 is 3.10 bits per heavy atom. The van der Waals surface area contributed by atoms with Gasteiger partial charge in [-0.2, -0.15) is 0 Å². The monoisotopic (exact) mass is 308 g/mol. The van der Waals surface area contributed by atoms with Crippen LogP contribution in [0.5, 0.6) is 0 Å². The third-order valence-electron chi connectivity index (χ3n) is 3.35. The van der Waals surface area contributed by atoms with Crippen LogP contribution in [0.2, 0.25) is 0 Å². The van der Waals surface area contributed by atoms with Gasteiger partial charge in [0.1, 0.15) is 0 Å². The van der Waals surface area contributed by atoms with E-state index in [1.54, 1.807) is 18.4 Å². The van der Waals surface area contributed by atoms with Crippen molar-refractivity contribution in [1.29, 1.82) is 0 Å². The molecule has 0 aliphatic heterocycles. The standard InChI is InChI=1S/C14H20N4O2S/c1-19-7-6-15-9-13-16-17-14(20-13)18(11-4-5-11)10-12-3-2-8-21-12/h2-3,8,11,15H,4-7,9-10H2,1H3. The van der Waals surface area contributed by atoms with Crippen molar-refractivity contribution >= 4 is 17.4 Å². The Morgan fingerprint density at radius 2 is 2.38 bits per heavy atom. The molecule has 0 amide bonds. The van der Waals surface area contributed by atoms with Crippen molar-refractivity contribution in [2.24, 2.45) is 0 Å². The number of thiophene rings is 1. The van der Waals surface area contributed by atoms with Gasteiger partial charge < -0.3 is 19.4 Å². The summed E-state index contributed by atoms with van der Waals surface area (Å²) in [4.78, 5) is 3.54. The second kappa shape index (κ2) is 7.02. The normalized spacial score (nSPS) is 14.5. The van der Waals surface area contributed by atoms with Crippen molar-refractivity contribution in [1.82, 2.24) is 15.5 Å².